The van der Waals surface area contributed by atoms with Crippen LogP contribution in [-0.4, -0.2) is 29.3 Å². The van der Waals surface area contributed by atoms with Crippen molar-refractivity contribution in [2.75, 3.05) is 18.5 Å². The number of carbonyl (C=O) groups excluding carboxylic acids is 1. The molecule has 1 aromatic heterocycles. The molecule has 0 atom stereocenters. The average Bonchev–Trinajstić information content (AvgIpc) is 2.91. The molecule has 6 nitrogen and oxygen atoms in total. The monoisotopic (exact) mass is 259 g/mol. The summed E-state index contributed by atoms with van der Waals surface area (Å²) in [7, 11) is 0. The van der Waals surface area contributed by atoms with E-state index in [1.807, 2.05) is 0 Å². The van der Waals surface area contributed by atoms with Crippen LogP contribution >= 0.6 is 0 Å². The highest BCUT2D eigenvalue weighted by Crippen LogP contribution is 2.32. The summed E-state index contributed by atoms with van der Waals surface area (Å²) in [5.41, 5.74) is 1.46. The number of benzene rings is 1. The van der Waals surface area contributed by atoms with Gasteiger partial charge >= 0.3 is 0 Å². The fourth-order valence-corrected chi connectivity index (χ4v) is 1.88. The third-order valence-corrected chi connectivity index (χ3v) is 2.74. The van der Waals surface area contributed by atoms with Crippen molar-refractivity contribution in [2.45, 2.75) is 6.42 Å². The first-order valence-corrected chi connectivity index (χ1v) is 5.99. The van der Waals surface area contributed by atoms with E-state index in [-0.39, 0.29) is 12.3 Å². The largest absolute Gasteiger partial charge is 0.486 e. The molecule has 98 valence electrons. The van der Waals surface area contributed by atoms with Crippen molar-refractivity contribution in [3.8, 4) is 11.5 Å². The van der Waals surface area contributed by atoms with E-state index < -0.39 is 0 Å². The first-order valence-electron chi connectivity index (χ1n) is 5.99. The maximum atomic E-state index is 11.8. The molecule has 2 heterocycles. The highest BCUT2D eigenvalue weighted by atomic mass is 16.6. The summed E-state index contributed by atoms with van der Waals surface area (Å²) in [5.74, 6) is 1.25. The number of hydrogen-bond donors (Lipinski definition) is 2. The Morgan fingerprint density at radius 2 is 2.11 bits per heavy atom. The van der Waals surface area contributed by atoms with E-state index in [2.05, 4.69) is 15.5 Å². The van der Waals surface area contributed by atoms with Crippen molar-refractivity contribution in [2.24, 2.45) is 0 Å². The quantitative estimate of drug-likeness (QED) is 0.872. The molecule has 19 heavy (non-hydrogen) atoms. The van der Waals surface area contributed by atoms with Gasteiger partial charge in [-0.2, -0.15) is 5.10 Å². The summed E-state index contributed by atoms with van der Waals surface area (Å²) in [6, 6.07) is 7.11. The molecule has 0 bridgehead atoms. The van der Waals surface area contributed by atoms with Gasteiger partial charge in [0.1, 0.15) is 13.2 Å². The lowest BCUT2D eigenvalue weighted by molar-refractivity contribution is -0.115. The number of amides is 1. The number of fused-ring (bicyclic) bond motifs is 1. The topological polar surface area (TPSA) is 76.2 Å². The number of carbonyl (C=O) groups is 1. The molecule has 2 aromatic rings. The van der Waals surface area contributed by atoms with E-state index in [4.69, 9.17) is 9.47 Å². The summed E-state index contributed by atoms with van der Waals surface area (Å²) in [5, 5.41) is 9.35. The fraction of sp³-hybridized carbons (Fsp3) is 0.231. The molecule has 2 N–H and O–H groups in total. The molecule has 3 rings (SSSR count). The number of H-pyrrole nitrogens is 1. The lowest BCUT2D eigenvalue weighted by Gasteiger charge is -2.18. The Bertz CT molecular complexity index is 581. The zero-order chi connectivity index (χ0) is 13.1. The number of anilines is 1. The summed E-state index contributed by atoms with van der Waals surface area (Å²) in [6.45, 7) is 1.08. The predicted octanol–water partition coefficient (Wildman–Crippen LogP) is 1.36. The highest BCUT2D eigenvalue weighted by Gasteiger charge is 2.13. The number of nitrogens with one attached hydrogen (secondary N) is 2. The number of ether oxygens (including phenoxy) is 2. The minimum atomic E-state index is -0.110. The van der Waals surface area contributed by atoms with Gasteiger partial charge in [0.2, 0.25) is 5.91 Å². The summed E-state index contributed by atoms with van der Waals surface area (Å²) in [6.07, 6.45) is 1.88. The van der Waals surface area contributed by atoms with Gasteiger partial charge in [0.05, 0.1) is 6.42 Å². The summed E-state index contributed by atoms with van der Waals surface area (Å²) < 4.78 is 10.9. The van der Waals surface area contributed by atoms with Crippen molar-refractivity contribution < 1.29 is 14.3 Å². The molecule has 1 aliphatic rings. The van der Waals surface area contributed by atoms with Crippen LogP contribution in [0.5, 0.6) is 11.5 Å². The van der Waals surface area contributed by atoms with Gasteiger partial charge in [-0.1, -0.05) is 0 Å². The number of rotatable bonds is 3. The Balaban J connectivity index is 1.67. The van der Waals surface area contributed by atoms with Gasteiger partial charge in [-0.3, -0.25) is 9.89 Å². The first kappa shape index (κ1) is 11.6. The smallest absolute Gasteiger partial charge is 0.230 e. The molecular weight excluding hydrogens is 246 g/mol. The van der Waals surface area contributed by atoms with Crippen molar-refractivity contribution in [3.05, 3.63) is 36.2 Å². The number of hydrogen-bond acceptors (Lipinski definition) is 4. The van der Waals surface area contributed by atoms with Crippen molar-refractivity contribution in [1.29, 1.82) is 0 Å². The summed E-state index contributed by atoms with van der Waals surface area (Å²) >= 11 is 0. The maximum Gasteiger partial charge on any atom is 0.230 e. The maximum absolute atomic E-state index is 11.8. The van der Waals surface area contributed by atoms with Crippen LogP contribution in [0.4, 0.5) is 5.69 Å². The van der Waals surface area contributed by atoms with E-state index >= 15 is 0 Å². The SMILES string of the molecule is O=C(Cc1ccn[nH]1)Nc1ccc2c(c1)OCCO2. The molecule has 0 spiro atoms. The molecule has 1 aromatic carbocycles. The Kier molecular flexibility index (Phi) is 3.06. The van der Waals surface area contributed by atoms with Crippen molar-refractivity contribution >= 4 is 11.6 Å². The molecule has 0 saturated heterocycles. The van der Waals surface area contributed by atoms with Crippen LogP contribution in [0, 0.1) is 0 Å². The van der Waals surface area contributed by atoms with E-state index in [0.29, 0.717) is 30.4 Å². The zero-order valence-corrected chi connectivity index (χ0v) is 10.2. The molecule has 1 amide bonds. The number of aromatic nitrogens is 2. The van der Waals surface area contributed by atoms with Gasteiger partial charge in [0, 0.05) is 23.6 Å². The Hall–Kier alpha value is -2.50. The van der Waals surface area contributed by atoms with Gasteiger partial charge < -0.3 is 14.8 Å². The van der Waals surface area contributed by atoms with Crippen LogP contribution in [-0.2, 0) is 11.2 Å². The third kappa shape index (κ3) is 2.67. The second-order valence-corrected chi connectivity index (χ2v) is 4.17. The van der Waals surface area contributed by atoms with E-state index in [0.717, 1.165) is 5.69 Å². The number of nitrogens with zero attached hydrogens (tertiary/aromatic N) is 1. The molecule has 0 fully saturated rings. The lowest BCUT2D eigenvalue weighted by Crippen LogP contribution is -2.17. The third-order valence-electron chi connectivity index (χ3n) is 2.74. The van der Waals surface area contributed by atoms with Gasteiger partial charge in [-0.05, 0) is 18.2 Å². The average molecular weight is 259 g/mol. The Morgan fingerprint density at radius 3 is 2.89 bits per heavy atom. The van der Waals surface area contributed by atoms with Crippen molar-refractivity contribution in [1.82, 2.24) is 10.2 Å². The Morgan fingerprint density at radius 1 is 1.26 bits per heavy atom. The minimum Gasteiger partial charge on any atom is -0.486 e. The van der Waals surface area contributed by atoms with Gasteiger partial charge in [-0.15, -0.1) is 0 Å². The standard InChI is InChI=1S/C13H13N3O3/c17-13(8-10-3-4-14-16-10)15-9-1-2-11-12(7-9)19-6-5-18-11/h1-4,7H,5-6,8H2,(H,14,16)(H,15,17). The van der Waals surface area contributed by atoms with Crippen LogP contribution in [0.2, 0.25) is 0 Å². The molecule has 0 aliphatic carbocycles. The molecular formula is C13H13N3O3. The first-order chi connectivity index (χ1) is 9.31. The van der Waals surface area contributed by atoms with Crippen LogP contribution in [0.15, 0.2) is 30.5 Å². The second kappa shape index (κ2) is 5.01. The minimum absolute atomic E-state index is 0.110. The van der Waals surface area contributed by atoms with E-state index in [1.54, 1.807) is 30.5 Å². The van der Waals surface area contributed by atoms with E-state index in [9.17, 15) is 4.79 Å². The predicted molar refractivity (Wildman–Crippen MR) is 68.4 cm³/mol. The van der Waals surface area contributed by atoms with Crippen LogP contribution in [0.25, 0.3) is 0 Å². The van der Waals surface area contributed by atoms with Crippen LogP contribution in [0.1, 0.15) is 5.69 Å². The van der Waals surface area contributed by atoms with Crippen molar-refractivity contribution in [3.63, 3.8) is 0 Å². The van der Waals surface area contributed by atoms with Gasteiger partial charge in [0.25, 0.3) is 0 Å². The normalized spacial score (nSPS) is 13.1. The molecule has 0 radical (unpaired) electrons. The van der Waals surface area contributed by atoms with E-state index in [1.165, 1.54) is 0 Å². The molecule has 6 heteroatoms. The molecule has 1 aliphatic heterocycles. The lowest BCUT2D eigenvalue weighted by atomic mass is 10.2. The van der Waals surface area contributed by atoms with Crippen LogP contribution < -0.4 is 14.8 Å². The van der Waals surface area contributed by atoms with Crippen LogP contribution in [0.3, 0.4) is 0 Å². The zero-order valence-electron chi connectivity index (χ0n) is 10.2. The molecule has 0 saturated carbocycles. The summed E-state index contributed by atoms with van der Waals surface area (Å²) in [4.78, 5) is 11.8. The molecule has 0 unspecified atom stereocenters. The number of aromatic amines is 1. The Labute approximate surface area is 109 Å². The highest BCUT2D eigenvalue weighted by molar-refractivity contribution is 5.92. The second-order valence-electron chi connectivity index (χ2n) is 4.17. The fourth-order valence-electron chi connectivity index (χ4n) is 1.88. The van der Waals surface area contributed by atoms with Gasteiger partial charge in [0.15, 0.2) is 11.5 Å². The van der Waals surface area contributed by atoms with Gasteiger partial charge in [-0.25, -0.2) is 0 Å².